The smallest absolute Gasteiger partial charge is 0.339 e. The zero-order valence-corrected chi connectivity index (χ0v) is 16.6. The van der Waals surface area contributed by atoms with E-state index in [-0.39, 0.29) is 17.4 Å². The summed E-state index contributed by atoms with van der Waals surface area (Å²) in [5.41, 5.74) is 1.82. The van der Waals surface area contributed by atoms with Crippen molar-refractivity contribution in [3.05, 3.63) is 64.4 Å². The van der Waals surface area contributed by atoms with Gasteiger partial charge in [-0.2, -0.15) is 0 Å². The van der Waals surface area contributed by atoms with E-state index in [4.69, 9.17) is 4.74 Å². The molecule has 4 rings (SSSR count). The number of aromatic amines is 1. The van der Waals surface area contributed by atoms with Crippen molar-refractivity contribution >= 4 is 34.4 Å². The summed E-state index contributed by atoms with van der Waals surface area (Å²) in [6, 6.07) is 14.1. The molecule has 0 aliphatic carbocycles. The monoisotopic (exact) mass is 406 g/mol. The van der Waals surface area contributed by atoms with E-state index >= 15 is 0 Å². The first-order valence-electron chi connectivity index (χ1n) is 9.79. The second kappa shape index (κ2) is 8.36. The van der Waals surface area contributed by atoms with Crippen molar-refractivity contribution in [1.82, 2.24) is 9.97 Å². The Bertz CT molecular complexity index is 1160. The lowest BCUT2D eigenvalue weighted by Crippen LogP contribution is -2.43. The fraction of sp³-hybridized carbons (Fsp3) is 0.273. The largest absolute Gasteiger partial charge is 0.465 e. The molecule has 2 aromatic carbocycles. The van der Waals surface area contributed by atoms with Crippen LogP contribution in [-0.4, -0.2) is 42.0 Å². The molecular weight excluding hydrogens is 384 g/mol. The Balaban J connectivity index is 1.54. The minimum atomic E-state index is -0.511. The number of aromatic nitrogens is 2. The number of piperidine rings is 1. The molecule has 1 aliphatic rings. The topological polar surface area (TPSA) is 104 Å². The zero-order valence-electron chi connectivity index (χ0n) is 16.6. The van der Waals surface area contributed by atoms with Crippen molar-refractivity contribution < 1.29 is 14.3 Å². The van der Waals surface area contributed by atoms with Crippen LogP contribution in [0.4, 0.5) is 11.5 Å². The van der Waals surface area contributed by atoms with Gasteiger partial charge in [-0.05, 0) is 37.1 Å². The number of carbonyl (C=O) groups excluding carboxylic acids is 2. The number of rotatable bonds is 4. The molecule has 0 saturated carbocycles. The highest BCUT2D eigenvalue weighted by atomic mass is 16.5. The number of fused-ring (bicyclic) bond motifs is 1. The van der Waals surface area contributed by atoms with Crippen molar-refractivity contribution in [2.75, 3.05) is 30.4 Å². The summed E-state index contributed by atoms with van der Waals surface area (Å²) in [6.07, 6.45) is 1.44. The van der Waals surface area contributed by atoms with Crippen LogP contribution in [0.15, 0.2) is 53.3 Å². The number of hydrogen-bond donors (Lipinski definition) is 2. The van der Waals surface area contributed by atoms with Gasteiger partial charge < -0.3 is 19.9 Å². The van der Waals surface area contributed by atoms with Crippen molar-refractivity contribution in [2.24, 2.45) is 5.92 Å². The van der Waals surface area contributed by atoms with Crippen molar-refractivity contribution in [3.63, 3.8) is 0 Å². The molecule has 1 fully saturated rings. The molecule has 1 aliphatic heterocycles. The minimum absolute atomic E-state index is 0.201. The van der Waals surface area contributed by atoms with Gasteiger partial charge in [0.05, 0.1) is 35.3 Å². The second-order valence-corrected chi connectivity index (χ2v) is 7.22. The average molecular weight is 406 g/mol. The Hall–Kier alpha value is -3.68. The summed E-state index contributed by atoms with van der Waals surface area (Å²) >= 11 is 0. The van der Waals surface area contributed by atoms with Gasteiger partial charge in [0.25, 0.3) is 5.56 Å². The van der Waals surface area contributed by atoms with E-state index < -0.39 is 5.97 Å². The highest BCUT2D eigenvalue weighted by molar-refractivity contribution is 6.02. The summed E-state index contributed by atoms with van der Waals surface area (Å²) in [7, 11) is 1.30. The molecule has 8 heteroatoms. The molecule has 3 aromatic rings. The Kier molecular flexibility index (Phi) is 5.47. The summed E-state index contributed by atoms with van der Waals surface area (Å²) in [5.74, 6) is -0.727. The number of anilines is 2. The highest BCUT2D eigenvalue weighted by Crippen LogP contribution is 2.23. The lowest BCUT2D eigenvalue weighted by Gasteiger charge is -2.32. The summed E-state index contributed by atoms with van der Waals surface area (Å²) in [4.78, 5) is 46.6. The number of carbonyl (C=O) groups is 2. The normalized spacial score (nSPS) is 16.3. The van der Waals surface area contributed by atoms with Gasteiger partial charge in [0, 0.05) is 13.1 Å². The Morgan fingerprint density at radius 3 is 2.77 bits per heavy atom. The van der Waals surface area contributed by atoms with Crippen molar-refractivity contribution in [2.45, 2.75) is 12.8 Å². The van der Waals surface area contributed by atoms with Gasteiger partial charge in [-0.3, -0.25) is 9.59 Å². The fourth-order valence-electron chi connectivity index (χ4n) is 3.73. The van der Waals surface area contributed by atoms with Gasteiger partial charge in [-0.15, -0.1) is 0 Å². The number of methoxy groups -OCH3 is 1. The van der Waals surface area contributed by atoms with E-state index in [0.29, 0.717) is 47.6 Å². The molecule has 1 aromatic heterocycles. The number of para-hydroxylation sites is 3. The standard InChI is InChI=1S/C22H22N4O4/c1-30-22(29)15-8-2-3-9-16(15)24-20(27)14-7-6-12-26(13-14)19-21(28)25-18-11-5-4-10-17(18)23-19/h2-5,8-11,14H,6-7,12-13H2,1H3,(H,24,27)(H,25,28)/t14-/m1/s1. The Morgan fingerprint density at radius 1 is 1.17 bits per heavy atom. The van der Waals surface area contributed by atoms with Gasteiger partial charge >= 0.3 is 5.97 Å². The van der Waals surface area contributed by atoms with E-state index in [1.807, 2.05) is 23.1 Å². The average Bonchev–Trinajstić information content (AvgIpc) is 2.78. The molecule has 154 valence electrons. The zero-order chi connectivity index (χ0) is 21.1. The molecule has 2 N–H and O–H groups in total. The molecule has 0 radical (unpaired) electrons. The lowest BCUT2D eigenvalue weighted by atomic mass is 9.97. The molecule has 2 heterocycles. The summed E-state index contributed by atoms with van der Waals surface area (Å²) < 4.78 is 4.78. The maximum atomic E-state index is 12.9. The fourth-order valence-corrected chi connectivity index (χ4v) is 3.73. The molecular formula is C22H22N4O4. The van der Waals surface area contributed by atoms with Crippen LogP contribution in [0, 0.1) is 5.92 Å². The number of hydrogen-bond acceptors (Lipinski definition) is 6. The number of nitrogens with one attached hydrogen (secondary N) is 2. The number of H-pyrrole nitrogens is 1. The Morgan fingerprint density at radius 2 is 1.93 bits per heavy atom. The molecule has 30 heavy (non-hydrogen) atoms. The minimum Gasteiger partial charge on any atom is -0.465 e. The third-order valence-corrected chi connectivity index (χ3v) is 5.26. The first-order chi connectivity index (χ1) is 14.6. The van der Waals surface area contributed by atoms with Crippen LogP contribution in [-0.2, 0) is 9.53 Å². The van der Waals surface area contributed by atoms with Crippen LogP contribution in [0.5, 0.6) is 0 Å². The maximum absolute atomic E-state index is 12.9. The predicted molar refractivity (Wildman–Crippen MR) is 114 cm³/mol. The van der Waals surface area contributed by atoms with Gasteiger partial charge in [-0.25, -0.2) is 9.78 Å². The van der Waals surface area contributed by atoms with Gasteiger partial charge in [-0.1, -0.05) is 24.3 Å². The van der Waals surface area contributed by atoms with E-state index in [1.165, 1.54) is 7.11 Å². The maximum Gasteiger partial charge on any atom is 0.339 e. The lowest BCUT2D eigenvalue weighted by molar-refractivity contribution is -0.120. The third-order valence-electron chi connectivity index (χ3n) is 5.26. The van der Waals surface area contributed by atoms with Crippen LogP contribution in [0.1, 0.15) is 23.2 Å². The van der Waals surface area contributed by atoms with Gasteiger partial charge in [0.1, 0.15) is 0 Å². The predicted octanol–water partition coefficient (Wildman–Crippen LogP) is 2.56. The first-order valence-corrected chi connectivity index (χ1v) is 9.79. The summed E-state index contributed by atoms with van der Waals surface area (Å²) in [5, 5.41) is 2.84. The van der Waals surface area contributed by atoms with Crippen LogP contribution < -0.4 is 15.8 Å². The molecule has 1 amide bonds. The van der Waals surface area contributed by atoms with Gasteiger partial charge in [0.2, 0.25) is 5.91 Å². The molecule has 0 spiro atoms. The van der Waals surface area contributed by atoms with E-state index in [0.717, 1.165) is 6.42 Å². The highest BCUT2D eigenvalue weighted by Gasteiger charge is 2.28. The SMILES string of the molecule is COC(=O)c1ccccc1NC(=O)[C@@H]1CCCN(c2nc3ccccc3[nH]c2=O)C1. The quantitative estimate of drug-likeness (QED) is 0.646. The molecule has 0 bridgehead atoms. The summed E-state index contributed by atoms with van der Waals surface area (Å²) in [6.45, 7) is 1.03. The van der Waals surface area contributed by atoms with Gasteiger partial charge in [0.15, 0.2) is 5.82 Å². The molecule has 8 nitrogen and oxygen atoms in total. The number of nitrogens with zero attached hydrogens (tertiary/aromatic N) is 2. The number of ether oxygens (including phenoxy) is 1. The van der Waals surface area contributed by atoms with Crippen LogP contribution >= 0.6 is 0 Å². The molecule has 1 atom stereocenters. The molecule has 1 saturated heterocycles. The van der Waals surface area contributed by atoms with Crippen LogP contribution in [0.3, 0.4) is 0 Å². The van der Waals surface area contributed by atoms with E-state index in [2.05, 4.69) is 15.3 Å². The number of esters is 1. The van der Waals surface area contributed by atoms with Crippen LogP contribution in [0.25, 0.3) is 11.0 Å². The van der Waals surface area contributed by atoms with E-state index in [9.17, 15) is 14.4 Å². The third kappa shape index (κ3) is 3.89. The number of benzene rings is 2. The Labute approximate surface area is 172 Å². The van der Waals surface area contributed by atoms with Crippen molar-refractivity contribution in [1.29, 1.82) is 0 Å². The number of amides is 1. The van der Waals surface area contributed by atoms with E-state index in [1.54, 1.807) is 30.3 Å². The first kappa shape index (κ1) is 19.6. The van der Waals surface area contributed by atoms with Crippen LogP contribution in [0.2, 0.25) is 0 Å². The van der Waals surface area contributed by atoms with Crippen molar-refractivity contribution in [3.8, 4) is 0 Å². The molecule has 0 unspecified atom stereocenters. The second-order valence-electron chi connectivity index (χ2n) is 7.22.